The molecule has 2 aliphatic carbocycles. The minimum absolute atomic E-state index is 0.194. The molecule has 2 N–H and O–H groups in total. The molecular weight excluding hydrogens is 250 g/mol. The lowest BCUT2D eigenvalue weighted by atomic mass is 9.95. The minimum atomic E-state index is -3.20. The molecule has 2 rings (SSSR count). The second-order valence-corrected chi connectivity index (χ2v) is 7.94. The largest absolute Gasteiger partial charge is 0.389 e. The van der Waals surface area contributed by atoms with Crippen LogP contribution >= 0.6 is 0 Å². The van der Waals surface area contributed by atoms with Crippen molar-refractivity contribution in [3.05, 3.63) is 0 Å². The van der Waals surface area contributed by atoms with Crippen molar-refractivity contribution in [3.63, 3.8) is 0 Å². The fraction of sp³-hybridized carbons (Fsp3) is 1.00. The predicted molar refractivity (Wildman–Crippen MR) is 71.8 cm³/mol. The Labute approximate surface area is 110 Å². The third-order valence-electron chi connectivity index (χ3n) is 4.15. The quantitative estimate of drug-likeness (QED) is 0.726. The Morgan fingerprint density at radius 1 is 1.11 bits per heavy atom. The molecule has 0 radical (unpaired) electrons. The normalized spacial score (nSPS) is 24.7. The highest BCUT2D eigenvalue weighted by atomic mass is 32.2. The summed E-state index contributed by atoms with van der Waals surface area (Å²) in [5, 5.41) is 10.4. The molecule has 0 unspecified atom stereocenters. The lowest BCUT2D eigenvalue weighted by molar-refractivity contribution is 0.0303. The molecule has 0 aliphatic heterocycles. The van der Waals surface area contributed by atoms with Gasteiger partial charge in [0.15, 0.2) is 0 Å². The number of rotatable bonds is 6. The van der Waals surface area contributed by atoms with Crippen LogP contribution in [0.25, 0.3) is 0 Å². The van der Waals surface area contributed by atoms with Crippen LogP contribution < -0.4 is 4.72 Å². The van der Waals surface area contributed by atoms with E-state index in [1.165, 1.54) is 12.8 Å². The molecule has 0 aromatic carbocycles. The van der Waals surface area contributed by atoms with Gasteiger partial charge >= 0.3 is 0 Å². The second-order valence-electron chi connectivity index (χ2n) is 6.01. The van der Waals surface area contributed by atoms with Gasteiger partial charge in [0.1, 0.15) is 0 Å². The van der Waals surface area contributed by atoms with Crippen molar-refractivity contribution in [2.75, 3.05) is 12.3 Å². The topological polar surface area (TPSA) is 66.4 Å². The molecule has 0 spiro atoms. The van der Waals surface area contributed by atoms with Crippen LogP contribution in [0.2, 0.25) is 0 Å². The van der Waals surface area contributed by atoms with Gasteiger partial charge in [0.05, 0.1) is 11.4 Å². The number of hydrogen-bond donors (Lipinski definition) is 2. The first kappa shape index (κ1) is 14.3. The highest BCUT2D eigenvalue weighted by Crippen LogP contribution is 2.32. The van der Waals surface area contributed by atoms with Gasteiger partial charge in [-0.15, -0.1) is 0 Å². The molecule has 0 aromatic rings. The van der Waals surface area contributed by atoms with E-state index in [9.17, 15) is 13.5 Å². The highest BCUT2D eigenvalue weighted by molar-refractivity contribution is 7.89. The maximum Gasteiger partial charge on any atom is 0.211 e. The van der Waals surface area contributed by atoms with E-state index in [4.69, 9.17) is 0 Å². The van der Waals surface area contributed by atoms with Crippen LogP contribution in [-0.4, -0.2) is 31.4 Å². The average molecular weight is 275 g/mol. The van der Waals surface area contributed by atoms with E-state index < -0.39 is 15.6 Å². The first-order valence-electron chi connectivity index (χ1n) is 7.19. The van der Waals surface area contributed by atoms with Gasteiger partial charge in [0.2, 0.25) is 10.0 Å². The van der Waals surface area contributed by atoms with E-state index in [1.807, 2.05) is 0 Å². The fourth-order valence-corrected chi connectivity index (χ4v) is 3.88. The summed E-state index contributed by atoms with van der Waals surface area (Å²) < 4.78 is 26.2. The molecule has 2 aliphatic rings. The van der Waals surface area contributed by atoms with E-state index >= 15 is 0 Å². The van der Waals surface area contributed by atoms with E-state index in [2.05, 4.69) is 4.72 Å². The van der Waals surface area contributed by atoms with Crippen LogP contribution in [0.3, 0.4) is 0 Å². The smallest absolute Gasteiger partial charge is 0.211 e. The molecule has 5 heteroatoms. The van der Waals surface area contributed by atoms with E-state index in [0.717, 1.165) is 44.9 Å². The molecule has 0 aromatic heterocycles. The van der Waals surface area contributed by atoms with Crippen LogP contribution in [0.1, 0.15) is 57.8 Å². The lowest BCUT2D eigenvalue weighted by Crippen LogP contribution is -2.43. The number of aliphatic hydroxyl groups is 1. The number of hydrogen-bond acceptors (Lipinski definition) is 3. The van der Waals surface area contributed by atoms with Crippen molar-refractivity contribution in [1.82, 2.24) is 4.72 Å². The first-order valence-corrected chi connectivity index (χ1v) is 8.84. The Kier molecular flexibility index (Phi) is 4.67. The van der Waals surface area contributed by atoms with Gasteiger partial charge in [-0.2, -0.15) is 0 Å². The zero-order valence-corrected chi connectivity index (χ0v) is 11.8. The van der Waals surface area contributed by atoms with Gasteiger partial charge in [0.25, 0.3) is 0 Å². The van der Waals surface area contributed by atoms with Crippen molar-refractivity contribution in [2.45, 2.75) is 63.4 Å². The number of sulfonamides is 1. The molecular formula is C13H25NO3S. The van der Waals surface area contributed by atoms with E-state index in [0.29, 0.717) is 5.92 Å². The van der Waals surface area contributed by atoms with Crippen LogP contribution in [-0.2, 0) is 10.0 Å². The van der Waals surface area contributed by atoms with E-state index in [-0.39, 0.29) is 12.3 Å². The molecule has 0 saturated heterocycles. The average Bonchev–Trinajstić information content (AvgIpc) is 3.13. The fourth-order valence-electron chi connectivity index (χ4n) is 2.61. The zero-order chi connectivity index (χ0) is 13.1. The first-order chi connectivity index (χ1) is 8.49. The standard InChI is InChI=1S/C13H25NO3S/c15-13(8-3-1-2-4-9-13)11-14-18(16,17)10-7-12-5-6-12/h12,14-15H,1-11H2. The van der Waals surface area contributed by atoms with Gasteiger partial charge < -0.3 is 5.11 Å². The maximum atomic E-state index is 11.8. The minimum Gasteiger partial charge on any atom is -0.389 e. The second kappa shape index (κ2) is 5.88. The van der Waals surface area contributed by atoms with Crippen molar-refractivity contribution >= 4 is 10.0 Å². The SMILES string of the molecule is O=S(=O)(CCC1CC1)NCC1(O)CCCCCC1. The summed E-state index contributed by atoms with van der Waals surface area (Å²) >= 11 is 0. The van der Waals surface area contributed by atoms with E-state index in [1.54, 1.807) is 0 Å². The molecule has 106 valence electrons. The summed E-state index contributed by atoms with van der Waals surface area (Å²) in [6.07, 6.45) is 8.87. The van der Waals surface area contributed by atoms with Crippen molar-refractivity contribution in [1.29, 1.82) is 0 Å². The van der Waals surface area contributed by atoms with Crippen molar-refractivity contribution in [3.8, 4) is 0 Å². The van der Waals surface area contributed by atoms with Gasteiger partial charge in [-0.25, -0.2) is 13.1 Å². The molecule has 0 amide bonds. The summed E-state index contributed by atoms with van der Waals surface area (Å²) in [5.74, 6) is 0.843. The van der Waals surface area contributed by atoms with Crippen LogP contribution in [0.5, 0.6) is 0 Å². The highest BCUT2D eigenvalue weighted by Gasteiger charge is 2.30. The van der Waals surface area contributed by atoms with Crippen LogP contribution in [0.4, 0.5) is 0 Å². The Hall–Kier alpha value is -0.130. The molecule has 0 atom stereocenters. The molecule has 0 heterocycles. The molecule has 2 saturated carbocycles. The van der Waals surface area contributed by atoms with Crippen molar-refractivity contribution < 1.29 is 13.5 Å². The maximum absolute atomic E-state index is 11.8. The lowest BCUT2D eigenvalue weighted by Gasteiger charge is -2.26. The summed E-state index contributed by atoms with van der Waals surface area (Å²) in [5.41, 5.74) is -0.816. The molecule has 2 fully saturated rings. The number of nitrogens with one attached hydrogen (secondary N) is 1. The van der Waals surface area contributed by atoms with Crippen molar-refractivity contribution in [2.24, 2.45) is 5.92 Å². The molecule has 4 nitrogen and oxygen atoms in total. The molecule has 0 bridgehead atoms. The monoisotopic (exact) mass is 275 g/mol. The Morgan fingerprint density at radius 3 is 2.28 bits per heavy atom. The summed E-state index contributed by atoms with van der Waals surface area (Å²) in [4.78, 5) is 0. The van der Waals surface area contributed by atoms with Gasteiger partial charge in [-0.05, 0) is 25.2 Å². The predicted octanol–water partition coefficient (Wildman–Crippen LogP) is 1.79. The Morgan fingerprint density at radius 2 is 1.72 bits per heavy atom. The van der Waals surface area contributed by atoms with Gasteiger partial charge in [-0.1, -0.05) is 38.5 Å². The molecule has 18 heavy (non-hydrogen) atoms. The van der Waals surface area contributed by atoms with Crippen LogP contribution in [0.15, 0.2) is 0 Å². The Bertz CT molecular complexity index is 354. The third-order valence-corrected chi connectivity index (χ3v) is 5.50. The van der Waals surface area contributed by atoms with Crippen LogP contribution in [0, 0.1) is 5.92 Å². The zero-order valence-electron chi connectivity index (χ0n) is 11.0. The summed E-state index contributed by atoms with van der Waals surface area (Å²) in [6, 6.07) is 0. The van der Waals surface area contributed by atoms with Gasteiger partial charge in [0, 0.05) is 6.54 Å². The van der Waals surface area contributed by atoms with Gasteiger partial charge in [-0.3, -0.25) is 0 Å². The third kappa shape index (κ3) is 4.86. The summed E-state index contributed by atoms with van der Waals surface area (Å²) in [6.45, 7) is 0.194. The summed E-state index contributed by atoms with van der Waals surface area (Å²) in [7, 11) is -3.20. The Balaban J connectivity index is 1.77.